The number of nitrogens with one attached hydrogen (secondary N) is 2. The molecule has 5 nitrogen and oxygen atoms in total. The van der Waals surface area contributed by atoms with Crippen LogP contribution in [-0.2, 0) is 10.2 Å². The quantitative estimate of drug-likeness (QED) is 0.824. The van der Waals surface area contributed by atoms with E-state index >= 15 is 0 Å². The Hall–Kier alpha value is -0.700. The van der Waals surface area contributed by atoms with E-state index in [1.165, 1.54) is 16.4 Å². The van der Waals surface area contributed by atoms with Gasteiger partial charge in [-0.3, -0.25) is 4.72 Å². The third kappa shape index (κ3) is 3.94. The maximum atomic E-state index is 13.8. The summed E-state index contributed by atoms with van der Waals surface area (Å²) in [5.74, 6) is -0.602. The number of anilines is 1. The molecule has 0 radical (unpaired) electrons. The van der Waals surface area contributed by atoms with Crippen molar-refractivity contribution in [2.24, 2.45) is 0 Å². The average molecular weight is 380 g/mol. The van der Waals surface area contributed by atoms with Gasteiger partial charge in [-0.15, -0.1) is 0 Å². The minimum Gasteiger partial charge on any atom is -0.318 e. The summed E-state index contributed by atoms with van der Waals surface area (Å²) in [5, 5.41) is 3.01. The Bertz CT molecular complexity index is 575. The maximum absolute atomic E-state index is 13.8. The fourth-order valence-electron chi connectivity index (χ4n) is 2.51. The number of hydrogen-bond donors (Lipinski definition) is 2. The molecule has 8 heteroatoms. The summed E-state index contributed by atoms with van der Waals surface area (Å²) in [5.41, 5.74) is -0.0497. The van der Waals surface area contributed by atoms with Crippen LogP contribution in [0.25, 0.3) is 0 Å². The summed E-state index contributed by atoms with van der Waals surface area (Å²) >= 11 is 3.17. The number of piperidine rings is 1. The summed E-state index contributed by atoms with van der Waals surface area (Å²) in [4.78, 5) is 0. The van der Waals surface area contributed by atoms with Gasteiger partial charge in [0.05, 0.1) is 5.69 Å². The zero-order valence-corrected chi connectivity index (χ0v) is 14.2. The summed E-state index contributed by atoms with van der Waals surface area (Å²) < 4.78 is 43.1. The number of rotatable bonds is 5. The first-order valence-corrected chi connectivity index (χ1v) is 9.07. The van der Waals surface area contributed by atoms with Crippen molar-refractivity contribution < 1.29 is 12.8 Å². The van der Waals surface area contributed by atoms with Gasteiger partial charge in [0.15, 0.2) is 0 Å². The van der Waals surface area contributed by atoms with Crippen molar-refractivity contribution in [3.63, 3.8) is 0 Å². The molecule has 0 bridgehead atoms. The molecule has 1 heterocycles. The van der Waals surface area contributed by atoms with Crippen molar-refractivity contribution >= 4 is 31.8 Å². The van der Waals surface area contributed by atoms with Crippen LogP contribution < -0.4 is 10.0 Å². The monoisotopic (exact) mass is 379 g/mol. The smallest absolute Gasteiger partial charge is 0.302 e. The molecule has 1 aliphatic rings. The van der Waals surface area contributed by atoms with Gasteiger partial charge < -0.3 is 5.32 Å². The molecule has 0 spiro atoms. The van der Waals surface area contributed by atoms with Crippen molar-refractivity contribution in [3.8, 4) is 0 Å². The van der Waals surface area contributed by atoms with E-state index in [-0.39, 0.29) is 11.7 Å². The van der Waals surface area contributed by atoms with E-state index in [1.54, 1.807) is 13.1 Å². The van der Waals surface area contributed by atoms with Crippen LogP contribution in [0.3, 0.4) is 0 Å². The predicted octanol–water partition coefficient (Wildman–Crippen LogP) is 2.32. The van der Waals surface area contributed by atoms with Gasteiger partial charge in [0.1, 0.15) is 5.82 Å². The number of nitrogens with zero attached hydrogens (tertiary/aromatic N) is 1. The molecule has 1 fully saturated rings. The van der Waals surface area contributed by atoms with Crippen LogP contribution in [-0.4, -0.2) is 38.9 Å². The summed E-state index contributed by atoms with van der Waals surface area (Å²) in [6.45, 7) is 1.03. The minimum atomic E-state index is -3.78. The predicted molar refractivity (Wildman–Crippen MR) is 84.9 cm³/mol. The molecule has 118 valence electrons. The lowest BCUT2D eigenvalue weighted by molar-refractivity contribution is 0.250. The number of likely N-dealkylation sites (N-methyl/N-ethyl adjacent to an activating group) is 1. The van der Waals surface area contributed by atoms with Gasteiger partial charge in [0.2, 0.25) is 0 Å². The Balaban J connectivity index is 2.24. The van der Waals surface area contributed by atoms with Crippen molar-refractivity contribution in [1.29, 1.82) is 0 Å². The second kappa shape index (κ2) is 7.04. The highest BCUT2D eigenvalue weighted by Gasteiger charge is 2.32. The molecular formula is C13H19BrFN3O2S. The Morgan fingerprint density at radius 1 is 1.43 bits per heavy atom. The van der Waals surface area contributed by atoms with Crippen LogP contribution in [0.4, 0.5) is 10.1 Å². The van der Waals surface area contributed by atoms with Crippen LogP contribution >= 0.6 is 15.9 Å². The molecule has 1 aliphatic heterocycles. The lowest BCUT2D eigenvalue weighted by atomic mass is 10.1. The third-order valence-corrected chi connectivity index (χ3v) is 5.74. The molecule has 1 aromatic carbocycles. The summed E-state index contributed by atoms with van der Waals surface area (Å²) in [7, 11) is -1.99. The molecular weight excluding hydrogens is 361 g/mol. The molecule has 0 aromatic heterocycles. The van der Waals surface area contributed by atoms with Crippen LogP contribution in [0, 0.1) is 5.82 Å². The zero-order chi connectivity index (χ0) is 15.5. The van der Waals surface area contributed by atoms with Gasteiger partial charge >= 0.3 is 10.2 Å². The van der Waals surface area contributed by atoms with Gasteiger partial charge in [-0.2, -0.15) is 12.7 Å². The minimum absolute atomic E-state index is 0.0497. The molecule has 2 N–H and O–H groups in total. The van der Waals surface area contributed by atoms with E-state index in [4.69, 9.17) is 0 Å². The molecule has 0 aliphatic carbocycles. The fourth-order valence-corrected chi connectivity index (χ4v) is 4.61. The van der Waals surface area contributed by atoms with E-state index < -0.39 is 16.0 Å². The van der Waals surface area contributed by atoms with E-state index in [1.807, 2.05) is 0 Å². The molecule has 1 aromatic rings. The standard InChI is InChI=1S/C13H19BrFN3O2S/c1-16-9-10-5-2-3-8-18(10)21(19,20)17-13-11(14)6-4-7-12(13)15/h4,6-7,10,16-17H,2-3,5,8-9H2,1H3. The highest BCUT2D eigenvalue weighted by Crippen LogP contribution is 2.28. The van der Waals surface area contributed by atoms with Crippen molar-refractivity contribution in [2.75, 3.05) is 24.9 Å². The SMILES string of the molecule is CNCC1CCCCN1S(=O)(=O)Nc1c(F)cccc1Br. The summed E-state index contributed by atoms with van der Waals surface area (Å²) in [6, 6.07) is 4.24. The lowest BCUT2D eigenvalue weighted by Gasteiger charge is -2.34. The van der Waals surface area contributed by atoms with Gasteiger partial charge in [0, 0.05) is 23.6 Å². The number of para-hydroxylation sites is 1. The first-order chi connectivity index (χ1) is 9.95. The molecule has 1 saturated heterocycles. The van der Waals surface area contributed by atoms with Gasteiger partial charge in [0.25, 0.3) is 0 Å². The van der Waals surface area contributed by atoms with Crippen LogP contribution in [0.15, 0.2) is 22.7 Å². The molecule has 1 unspecified atom stereocenters. The van der Waals surface area contributed by atoms with Crippen LogP contribution in [0.2, 0.25) is 0 Å². The first-order valence-electron chi connectivity index (χ1n) is 6.84. The highest BCUT2D eigenvalue weighted by molar-refractivity contribution is 9.10. The second-order valence-corrected chi connectivity index (χ2v) is 7.50. The summed E-state index contributed by atoms with van der Waals surface area (Å²) in [6.07, 6.45) is 2.63. The molecule has 21 heavy (non-hydrogen) atoms. The zero-order valence-electron chi connectivity index (χ0n) is 11.8. The largest absolute Gasteiger partial charge is 0.318 e. The molecule has 0 amide bonds. The van der Waals surface area contributed by atoms with Gasteiger partial charge in [-0.05, 0) is 48.0 Å². The van der Waals surface area contributed by atoms with E-state index in [2.05, 4.69) is 26.0 Å². The van der Waals surface area contributed by atoms with E-state index in [0.29, 0.717) is 17.6 Å². The van der Waals surface area contributed by atoms with E-state index in [0.717, 1.165) is 19.3 Å². The Labute approximate surface area is 133 Å². The number of hydrogen-bond acceptors (Lipinski definition) is 3. The second-order valence-electron chi connectivity index (χ2n) is 5.02. The third-order valence-electron chi connectivity index (χ3n) is 3.52. The van der Waals surface area contributed by atoms with Crippen molar-refractivity contribution in [1.82, 2.24) is 9.62 Å². The number of benzene rings is 1. The maximum Gasteiger partial charge on any atom is 0.302 e. The highest BCUT2D eigenvalue weighted by atomic mass is 79.9. The lowest BCUT2D eigenvalue weighted by Crippen LogP contribution is -2.50. The van der Waals surface area contributed by atoms with Crippen molar-refractivity contribution in [3.05, 3.63) is 28.5 Å². The molecule has 0 saturated carbocycles. The molecule has 1 atom stereocenters. The van der Waals surface area contributed by atoms with Crippen molar-refractivity contribution in [2.45, 2.75) is 25.3 Å². The topological polar surface area (TPSA) is 61.4 Å². The average Bonchev–Trinajstić information content (AvgIpc) is 2.44. The van der Waals surface area contributed by atoms with Crippen LogP contribution in [0.1, 0.15) is 19.3 Å². The first kappa shape index (κ1) is 16.7. The van der Waals surface area contributed by atoms with Gasteiger partial charge in [-0.25, -0.2) is 4.39 Å². The Morgan fingerprint density at radius 3 is 2.86 bits per heavy atom. The number of halogens is 2. The normalized spacial score (nSPS) is 20.4. The Kier molecular flexibility index (Phi) is 5.59. The molecule has 2 rings (SSSR count). The van der Waals surface area contributed by atoms with Crippen LogP contribution in [0.5, 0.6) is 0 Å². The Morgan fingerprint density at radius 2 is 2.19 bits per heavy atom. The van der Waals surface area contributed by atoms with E-state index in [9.17, 15) is 12.8 Å². The van der Waals surface area contributed by atoms with Gasteiger partial charge in [-0.1, -0.05) is 12.5 Å². The fraction of sp³-hybridized carbons (Fsp3) is 0.538.